The molecule has 1 aliphatic rings. The Bertz CT molecular complexity index is 698. The minimum absolute atomic E-state index is 0. The Labute approximate surface area is 171 Å². The van der Waals surface area contributed by atoms with Crippen molar-refractivity contribution in [3.05, 3.63) is 51.5 Å². The molecule has 0 radical (unpaired) electrons. The zero-order valence-electron chi connectivity index (χ0n) is 14.9. The van der Waals surface area contributed by atoms with E-state index in [0.29, 0.717) is 5.92 Å². The monoisotopic (exact) mass is 470 g/mol. The lowest BCUT2D eigenvalue weighted by molar-refractivity contribution is 0.540. The van der Waals surface area contributed by atoms with Gasteiger partial charge >= 0.3 is 0 Å². The lowest BCUT2D eigenvalue weighted by Gasteiger charge is -2.26. The number of hydrogen-bond donors (Lipinski definition) is 2. The van der Waals surface area contributed by atoms with E-state index in [1.807, 2.05) is 13.2 Å². The van der Waals surface area contributed by atoms with Crippen molar-refractivity contribution in [3.8, 4) is 0 Å². The van der Waals surface area contributed by atoms with Gasteiger partial charge in [-0.25, -0.2) is 4.98 Å². The lowest BCUT2D eigenvalue weighted by Crippen LogP contribution is -2.40. The number of rotatable bonds is 5. The Morgan fingerprint density at radius 2 is 2.16 bits per heavy atom. The molecule has 25 heavy (non-hydrogen) atoms. The van der Waals surface area contributed by atoms with E-state index >= 15 is 0 Å². The number of nitrogens with zero attached hydrogens (tertiary/aromatic N) is 2. The highest BCUT2D eigenvalue weighted by molar-refractivity contribution is 14.0. The summed E-state index contributed by atoms with van der Waals surface area (Å²) in [6.45, 7) is 3.89. The van der Waals surface area contributed by atoms with Gasteiger partial charge in [-0.05, 0) is 37.3 Å². The highest BCUT2D eigenvalue weighted by Crippen LogP contribution is 2.30. The average Bonchev–Trinajstić information content (AvgIpc) is 3.03. The van der Waals surface area contributed by atoms with E-state index in [4.69, 9.17) is 0 Å². The van der Waals surface area contributed by atoms with Gasteiger partial charge in [0.15, 0.2) is 5.96 Å². The summed E-state index contributed by atoms with van der Waals surface area (Å²) < 4.78 is 0. The van der Waals surface area contributed by atoms with E-state index in [9.17, 15) is 0 Å². The molecule has 136 valence electrons. The highest BCUT2D eigenvalue weighted by atomic mass is 127. The van der Waals surface area contributed by atoms with Crippen molar-refractivity contribution >= 4 is 41.3 Å². The molecule has 0 saturated carbocycles. The Morgan fingerprint density at radius 3 is 2.92 bits per heavy atom. The van der Waals surface area contributed by atoms with Crippen LogP contribution in [0.1, 0.15) is 39.8 Å². The molecule has 1 aromatic heterocycles. The number of aliphatic imine (C=N–C) groups is 1. The molecule has 1 aliphatic carbocycles. The topological polar surface area (TPSA) is 49.3 Å². The van der Waals surface area contributed by atoms with Gasteiger partial charge < -0.3 is 10.6 Å². The molecule has 2 N–H and O–H groups in total. The quantitative estimate of drug-likeness (QED) is 0.396. The molecular formula is C19H27IN4S. The molecule has 1 heterocycles. The fourth-order valence-electron chi connectivity index (χ4n) is 3.31. The summed E-state index contributed by atoms with van der Waals surface area (Å²) in [5, 5.41) is 8.07. The van der Waals surface area contributed by atoms with Crippen molar-refractivity contribution in [1.82, 2.24) is 15.6 Å². The van der Waals surface area contributed by atoms with Gasteiger partial charge in [-0.3, -0.25) is 4.99 Å². The van der Waals surface area contributed by atoms with Gasteiger partial charge in [0.2, 0.25) is 0 Å². The van der Waals surface area contributed by atoms with Crippen LogP contribution in [0.5, 0.6) is 0 Å². The molecule has 0 saturated heterocycles. The summed E-state index contributed by atoms with van der Waals surface area (Å²) in [6, 6.07) is 8.85. The number of aryl methyl sites for hydroxylation is 2. The molecule has 1 atom stereocenters. The van der Waals surface area contributed by atoms with E-state index in [1.165, 1.54) is 40.3 Å². The molecule has 0 aliphatic heterocycles. The van der Waals surface area contributed by atoms with Gasteiger partial charge in [0, 0.05) is 43.5 Å². The van der Waals surface area contributed by atoms with Crippen molar-refractivity contribution in [1.29, 1.82) is 0 Å². The van der Waals surface area contributed by atoms with Crippen LogP contribution in [0, 0.1) is 6.92 Å². The molecular weight excluding hydrogens is 443 g/mol. The molecule has 1 aromatic carbocycles. The van der Waals surface area contributed by atoms with Gasteiger partial charge in [-0.15, -0.1) is 35.3 Å². The molecule has 0 amide bonds. The minimum atomic E-state index is 0. The number of aromatic nitrogens is 1. The minimum Gasteiger partial charge on any atom is -0.356 e. The van der Waals surface area contributed by atoms with Crippen molar-refractivity contribution in [2.45, 2.75) is 38.5 Å². The van der Waals surface area contributed by atoms with Crippen LogP contribution in [0.2, 0.25) is 0 Å². The van der Waals surface area contributed by atoms with E-state index in [0.717, 1.165) is 25.5 Å². The largest absolute Gasteiger partial charge is 0.356 e. The molecule has 1 unspecified atom stereocenters. The van der Waals surface area contributed by atoms with E-state index < -0.39 is 0 Å². The maximum absolute atomic E-state index is 4.40. The van der Waals surface area contributed by atoms with E-state index in [1.54, 1.807) is 11.3 Å². The Kier molecular flexibility index (Phi) is 8.15. The second-order valence-corrected chi connectivity index (χ2v) is 7.60. The van der Waals surface area contributed by atoms with Crippen molar-refractivity contribution in [2.75, 3.05) is 20.1 Å². The van der Waals surface area contributed by atoms with Crippen LogP contribution in [-0.4, -0.2) is 31.1 Å². The molecule has 4 nitrogen and oxygen atoms in total. The average molecular weight is 470 g/mol. The second-order valence-electron chi connectivity index (χ2n) is 6.28. The number of guanidine groups is 1. The molecule has 0 spiro atoms. The first-order chi connectivity index (χ1) is 11.8. The Balaban J connectivity index is 0.00000225. The second kappa shape index (κ2) is 10.1. The summed E-state index contributed by atoms with van der Waals surface area (Å²) >= 11 is 1.76. The fourth-order valence-corrected chi connectivity index (χ4v) is 4.10. The van der Waals surface area contributed by atoms with Crippen molar-refractivity contribution in [3.63, 3.8) is 0 Å². The van der Waals surface area contributed by atoms with Crippen LogP contribution < -0.4 is 10.6 Å². The standard InChI is InChI=1S/C19H26N4S.HI/c1-14-12-22-18(24-14)10-11-21-19(20-2)23-13-16-8-5-7-15-6-3-4-9-17(15)16;/h3-4,6,9,12,16H,5,7-8,10-11,13H2,1-2H3,(H2,20,21,23);1H. The zero-order valence-corrected chi connectivity index (χ0v) is 18.1. The third kappa shape index (κ3) is 5.67. The highest BCUT2D eigenvalue weighted by Gasteiger charge is 2.19. The first-order valence-electron chi connectivity index (χ1n) is 8.70. The molecule has 6 heteroatoms. The van der Waals surface area contributed by atoms with Crippen LogP contribution in [0.3, 0.4) is 0 Å². The SMILES string of the molecule is CN=C(NCCc1ncc(C)s1)NCC1CCCc2ccccc21.I. The first kappa shape index (κ1) is 20.2. The van der Waals surface area contributed by atoms with Crippen LogP contribution in [0.4, 0.5) is 0 Å². The molecule has 0 fully saturated rings. The summed E-state index contributed by atoms with van der Waals surface area (Å²) in [7, 11) is 1.83. The van der Waals surface area contributed by atoms with Gasteiger partial charge in [-0.1, -0.05) is 24.3 Å². The van der Waals surface area contributed by atoms with Gasteiger partial charge in [0.25, 0.3) is 0 Å². The van der Waals surface area contributed by atoms with Gasteiger partial charge in [0.05, 0.1) is 5.01 Å². The predicted molar refractivity (Wildman–Crippen MR) is 117 cm³/mol. The number of hydrogen-bond acceptors (Lipinski definition) is 3. The first-order valence-corrected chi connectivity index (χ1v) is 9.51. The smallest absolute Gasteiger partial charge is 0.191 e. The Morgan fingerprint density at radius 1 is 1.32 bits per heavy atom. The maximum atomic E-state index is 4.40. The predicted octanol–water partition coefficient (Wildman–Crippen LogP) is 3.90. The maximum Gasteiger partial charge on any atom is 0.191 e. The number of benzene rings is 1. The van der Waals surface area contributed by atoms with E-state index in [-0.39, 0.29) is 24.0 Å². The third-order valence-electron chi connectivity index (χ3n) is 4.53. The normalized spacial score (nSPS) is 16.7. The summed E-state index contributed by atoms with van der Waals surface area (Å²) in [5.41, 5.74) is 3.02. The van der Waals surface area contributed by atoms with Crippen molar-refractivity contribution in [2.24, 2.45) is 4.99 Å². The third-order valence-corrected chi connectivity index (χ3v) is 5.51. The summed E-state index contributed by atoms with van der Waals surface area (Å²) in [4.78, 5) is 10.0. The fraction of sp³-hybridized carbons (Fsp3) is 0.474. The van der Waals surface area contributed by atoms with E-state index in [2.05, 4.69) is 51.8 Å². The molecule has 2 aromatic rings. The zero-order chi connectivity index (χ0) is 16.8. The van der Waals surface area contributed by atoms with Crippen LogP contribution in [0.15, 0.2) is 35.5 Å². The molecule has 0 bridgehead atoms. The van der Waals surface area contributed by atoms with Crippen LogP contribution in [-0.2, 0) is 12.8 Å². The number of nitrogens with one attached hydrogen (secondary N) is 2. The summed E-state index contributed by atoms with van der Waals surface area (Å²) in [5.74, 6) is 1.46. The Hall–Kier alpha value is -1.15. The number of halogens is 1. The van der Waals surface area contributed by atoms with Crippen LogP contribution >= 0.6 is 35.3 Å². The van der Waals surface area contributed by atoms with Crippen molar-refractivity contribution < 1.29 is 0 Å². The lowest BCUT2D eigenvalue weighted by atomic mass is 9.83. The number of thiazole rings is 1. The molecule has 3 rings (SSSR count). The van der Waals surface area contributed by atoms with Gasteiger partial charge in [-0.2, -0.15) is 0 Å². The summed E-state index contributed by atoms with van der Waals surface area (Å²) in [6.07, 6.45) is 6.62. The van der Waals surface area contributed by atoms with Gasteiger partial charge in [0.1, 0.15) is 0 Å². The number of fused-ring (bicyclic) bond motifs is 1. The van der Waals surface area contributed by atoms with Crippen LogP contribution in [0.25, 0.3) is 0 Å².